The van der Waals surface area contributed by atoms with Crippen molar-refractivity contribution in [1.29, 1.82) is 5.26 Å². The van der Waals surface area contributed by atoms with E-state index in [0.717, 1.165) is 32.3 Å². The van der Waals surface area contributed by atoms with E-state index in [1.165, 1.54) is 12.8 Å². The summed E-state index contributed by atoms with van der Waals surface area (Å²) in [5.74, 6) is 0.656. The predicted octanol–water partition coefficient (Wildman–Crippen LogP) is 0.751. The normalized spacial score (nSPS) is 22.8. The number of rotatable bonds is 8. The van der Waals surface area contributed by atoms with E-state index in [0.29, 0.717) is 17.9 Å². The molecule has 2 N–H and O–H groups in total. The molecule has 0 radical (unpaired) electrons. The maximum Gasteiger partial charge on any atom is 0.119 e. The molecule has 1 aromatic rings. The standard InChI is InChI=1S/C18H25N3O3/c19-9-14-1-5-17(6-2-14)24-13-16(22)10-20-11-18-12-21(7-8-23-18)15-3-4-15/h1-2,5-6,15-16,18,20,22H,3-4,7-8,10-13H2/t16-,18-/m1/s1. The molecule has 24 heavy (non-hydrogen) atoms. The fraction of sp³-hybridized carbons (Fsp3) is 0.611. The summed E-state index contributed by atoms with van der Waals surface area (Å²) in [6.07, 6.45) is 2.27. The van der Waals surface area contributed by atoms with Crippen LogP contribution in [0.3, 0.4) is 0 Å². The zero-order valence-corrected chi connectivity index (χ0v) is 13.9. The highest BCUT2D eigenvalue weighted by molar-refractivity contribution is 5.34. The molecule has 1 heterocycles. The molecule has 0 bridgehead atoms. The quantitative estimate of drug-likeness (QED) is 0.732. The number of benzene rings is 1. The van der Waals surface area contributed by atoms with Gasteiger partial charge in [-0.15, -0.1) is 0 Å². The fourth-order valence-corrected chi connectivity index (χ4v) is 2.92. The van der Waals surface area contributed by atoms with Crippen molar-refractivity contribution in [3.63, 3.8) is 0 Å². The van der Waals surface area contributed by atoms with Gasteiger partial charge >= 0.3 is 0 Å². The zero-order chi connectivity index (χ0) is 16.8. The van der Waals surface area contributed by atoms with Gasteiger partial charge in [-0.2, -0.15) is 5.26 Å². The molecular formula is C18H25N3O3. The molecule has 1 saturated carbocycles. The lowest BCUT2D eigenvalue weighted by molar-refractivity contribution is -0.0312. The van der Waals surface area contributed by atoms with E-state index in [1.54, 1.807) is 24.3 Å². The van der Waals surface area contributed by atoms with Crippen LogP contribution in [0.25, 0.3) is 0 Å². The van der Waals surface area contributed by atoms with Crippen molar-refractivity contribution in [2.75, 3.05) is 39.4 Å². The van der Waals surface area contributed by atoms with Gasteiger partial charge in [-0.3, -0.25) is 4.90 Å². The average molecular weight is 331 g/mol. The van der Waals surface area contributed by atoms with E-state index in [9.17, 15) is 5.11 Å². The molecule has 1 aromatic carbocycles. The first-order valence-electron chi connectivity index (χ1n) is 8.62. The van der Waals surface area contributed by atoms with Crippen molar-refractivity contribution >= 4 is 0 Å². The summed E-state index contributed by atoms with van der Waals surface area (Å²) in [6, 6.07) is 9.72. The number of morpholine rings is 1. The highest BCUT2D eigenvalue weighted by Gasteiger charge is 2.32. The van der Waals surface area contributed by atoms with E-state index in [1.807, 2.05) is 0 Å². The second-order valence-corrected chi connectivity index (χ2v) is 6.48. The first-order valence-corrected chi connectivity index (χ1v) is 8.62. The van der Waals surface area contributed by atoms with E-state index in [2.05, 4.69) is 16.3 Å². The van der Waals surface area contributed by atoms with Crippen LogP contribution in [0.15, 0.2) is 24.3 Å². The summed E-state index contributed by atoms with van der Waals surface area (Å²) in [5.41, 5.74) is 0.595. The van der Waals surface area contributed by atoms with Crippen molar-refractivity contribution in [2.24, 2.45) is 0 Å². The van der Waals surface area contributed by atoms with E-state index in [4.69, 9.17) is 14.7 Å². The minimum Gasteiger partial charge on any atom is -0.491 e. The number of hydrogen-bond donors (Lipinski definition) is 2. The Morgan fingerprint density at radius 2 is 2.17 bits per heavy atom. The molecular weight excluding hydrogens is 306 g/mol. The van der Waals surface area contributed by atoms with Gasteiger partial charge in [0.25, 0.3) is 0 Å². The van der Waals surface area contributed by atoms with Crippen molar-refractivity contribution in [3.8, 4) is 11.8 Å². The van der Waals surface area contributed by atoms with Gasteiger partial charge in [-0.1, -0.05) is 0 Å². The molecule has 130 valence electrons. The topological polar surface area (TPSA) is 77.8 Å². The van der Waals surface area contributed by atoms with Crippen LogP contribution in [0.4, 0.5) is 0 Å². The minimum atomic E-state index is -0.580. The van der Waals surface area contributed by atoms with Crippen molar-refractivity contribution in [2.45, 2.75) is 31.1 Å². The predicted molar refractivity (Wildman–Crippen MR) is 89.9 cm³/mol. The molecule has 6 nitrogen and oxygen atoms in total. The number of nitrogens with zero attached hydrogens (tertiary/aromatic N) is 2. The molecule has 0 amide bonds. The Morgan fingerprint density at radius 3 is 2.88 bits per heavy atom. The highest BCUT2D eigenvalue weighted by atomic mass is 16.5. The summed E-state index contributed by atoms with van der Waals surface area (Å²) in [5, 5.41) is 22.0. The number of aliphatic hydroxyl groups is 1. The molecule has 3 rings (SSSR count). The number of ether oxygens (including phenoxy) is 2. The fourth-order valence-electron chi connectivity index (χ4n) is 2.92. The van der Waals surface area contributed by atoms with Gasteiger partial charge in [-0.05, 0) is 37.1 Å². The Bertz CT molecular complexity index is 554. The van der Waals surface area contributed by atoms with Crippen molar-refractivity contribution < 1.29 is 14.6 Å². The average Bonchev–Trinajstić information content (AvgIpc) is 3.46. The summed E-state index contributed by atoms with van der Waals surface area (Å²) in [7, 11) is 0. The van der Waals surface area contributed by atoms with Crippen molar-refractivity contribution in [1.82, 2.24) is 10.2 Å². The third kappa shape index (κ3) is 5.18. The van der Waals surface area contributed by atoms with Crippen molar-refractivity contribution in [3.05, 3.63) is 29.8 Å². The number of nitrogens with one attached hydrogen (secondary N) is 1. The molecule has 1 aliphatic carbocycles. The Hall–Kier alpha value is -1.65. The van der Waals surface area contributed by atoms with Crippen LogP contribution in [0.1, 0.15) is 18.4 Å². The van der Waals surface area contributed by atoms with E-state index in [-0.39, 0.29) is 12.7 Å². The lowest BCUT2D eigenvalue weighted by atomic mass is 10.2. The lowest BCUT2D eigenvalue weighted by Crippen LogP contribution is -2.48. The van der Waals surface area contributed by atoms with Crippen LogP contribution < -0.4 is 10.1 Å². The molecule has 2 aliphatic rings. The van der Waals surface area contributed by atoms with Gasteiger partial charge < -0.3 is 19.9 Å². The molecule has 2 fully saturated rings. The van der Waals surface area contributed by atoms with Crippen LogP contribution in [0.5, 0.6) is 5.75 Å². The van der Waals surface area contributed by atoms with Crippen LogP contribution in [0, 0.1) is 11.3 Å². The van der Waals surface area contributed by atoms with Gasteiger partial charge in [0, 0.05) is 32.2 Å². The second-order valence-electron chi connectivity index (χ2n) is 6.48. The Balaban J connectivity index is 1.30. The monoisotopic (exact) mass is 331 g/mol. The van der Waals surface area contributed by atoms with Crippen LogP contribution in [-0.2, 0) is 4.74 Å². The van der Waals surface area contributed by atoms with Crippen LogP contribution in [0.2, 0.25) is 0 Å². The Kier molecular flexibility index (Phi) is 6.05. The summed E-state index contributed by atoms with van der Waals surface area (Å²) >= 11 is 0. The smallest absolute Gasteiger partial charge is 0.119 e. The second kappa shape index (κ2) is 8.45. The third-order valence-electron chi connectivity index (χ3n) is 4.41. The van der Waals surface area contributed by atoms with Gasteiger partial charge in [-0.25, -0.2) is 0 Å². The zero-order valence-electron chi connectivity index (χ0n) is 13.9. The molecule has 1 saturated heterocycles. The van der Waals surface area contributed by atoms with Gasteiger partial charge in [0.15, 0.2) is 0 Å². The van der Waals surface area contributed by atoms with Crippen LogP contribution in [-0.4, -0.2) is 67.6 Å². The number of nitriles is 1. The number of hydrogen-bond acceptors (Lipinski definition) is 6. The molecule has 1 aliphatic heterocycles. The maximum absolute atomic E-state index is 10.00. The van der Waals surface area contributed by atoms with Gasteiger partial charge in [0.1, 0.15) is 18.5 Å². The Morgan fingerprint density at radius 1 is 1.38 bits per heavy atom. The molecule has 6 heteroatoms. The molecule has 0 spiro atoms. The lowest BCUT2D eigenvalue weighted by Gasteiger charge is -2.33. The van der Waals surface area contributed by atoms with E-state index < -0.39 is 6.10 Å². The molecule has 0 unspecified atom stereocenters. The molecule has 0 aromatic heterocycles. The highest BCUT2D eigenvalue weighted by Crippen LogP contribution is 2.28. The van der Waals surface area contributed by atoms with Gasteiger partial charge in [0.2, 0.25) is 0 Å². The first-order chi connectivity index (χ1) is 11.7. The van der Waals surface area contributed by atoms with Gasteiger partial charge in [0.05, 0.1) is 24.3 Å². The van der Waals surface area contributed by atoms with E-state index >= 15 is 0 Å². The third-order valence-corrected chi connectivity index (χ3v) is 4.41. The summed E-state index contributed by atoms with van der Waals surface area (Å²) in [4.78, 5) is 2.51. The summed E-state index contributed by atoms with van der Waals surface area (Å²) < 4.78 is 11.3. The minimum absolute atomic E-state index is 0.200. The number of aliphatic hydroxyl groups excluding tert-OH is 1. The largest absolute Gasteiger partial charge is 0.491 e. The van der Waals surface area contributed by atoms with Crippen LogP contribution >= 0.6 is 0 Å². The maximum atomic E-state index is 10.00. The Labute approximate surface area is 143 Å². The first kappa shape index (κ1) is 17.2. The summed E-state index contributed by atoms with van der Waals surface area (Å²) in [6.45, 7) is 4.26. The molecule has 2 atom stereocenters. The SMILES string of the molecule is N#Cc1ccc(OC[C@H](O)CNC[C@@H]2CN(C3CC3)CCO2)cc1.